The van der Waals surface area contributed by atoms with E-state index in [1.54, 1.807) is 0 Å². The van der Waals surface area contributed by atoms with E-state index in [2.05, 4.69) is 0 Å². The van der Waals surface area contributed by atoms with Gasteiger partial charge in [0.2, 0.25) is 0 Å². The summed E-state index contributed by atoms with van der Waals surface area (Å²) in [5, 5.41) is 0. The molecule has 1 aromatic carbocycles. The molecule has 0 aliphatic carbocycles. The predicted molar refractivity (Wildman–Crippen MR) is 52.2 cm³/mol. The first-order chi connectivity index (χ1) is 5.00. The van der Waals surface area contributed by atoms with Crippen LogP contribution in [0.3, 0.4) is 0 Å². The van der Waals surface area contributed by atoms with Crippen molar-refractivity contribution in [3.05, 3.63) is 36.4 Å². The molecule has 1 rings (SSSR count). The molecule has 0 fully saturated rings. The van der Waals surface area contributed by atoms with Crippen molar-refractivity contribution in [3.8, 4) is 0 Å². The van der Waals surface area contributed by atoms with Crippen molar-refractivity contribution in [2.45, 2.75) is 0 Å². The molecule has 0 saturated carbocycles. The van der Waals surface area contributed by atoms with Gasteiger partial charge in [0.05, 0.1) is 0 Å². The molecule has 0 atom stereocenters. The fourth-order valence-corrected chi connectivity index (χ4v) is 0.385. The van der Waals surface area contributed by atoms with Crippen LogP contribution in [0.25, 0.3) is 0 Å². The fourth-order valence-electron chi connectivity index (χ4n) is 0.385. The molecule has 2 radical (unpaired) electrons. The van der Waals surface area contributed by atoms with Crippen LogP contribution < -0.4 is 0 Å². The Morgan fingerprint density at radius 2 is 0.769 bits per heavy atom. The van der Waals surface area contributed by atoms with E-state index < -0.39 is 7.82 Å². The maximum atomic E-state index is 8.88. The summed E-state index contributed by atoms with van der Waals surface area (Å²) in [6.07, 6.45) is 0. The van der Waals surface area contributed by atoms with Crippen LogP contribution in [-0.4, -0.2) is 73.8 Å². The van der Waals surface area contributed by atoms with Crippen LogP contribution >= 0.6 is 7.82 Å². The van der Waals surface area contributed by atoms with Crippen LogP contribution in [0.4, 0.5) is 0 Å². The van der Waals surface area contributed by atoms with Crippen molar-refractivity contribution in [3.63, 3.8) is 0 Å². The smallest absolute Gasteiger partial charge is 0.303 e. The molecule has 7 heteroatoms. The zero-order valence-corrected chi connectivity index (χ0v) is 12.6. The second-order valence-corrected chi connectivity index (χ2v) is 2.69. The van der Waals surface area contributed by atoms with Crippen molar-refractivity contribution in [1.29, 1.82) is 0 Å². The van der Waals surface area contributed by atoms with Crippen molar-refractivity contribution in [1.82, 2.24) is 0 Å². The van der Waals surface area contributed by atoms with Gasteiger partial charge in [-0.2, -0.15) is 0 Å². The molecule has 0 unspecified atom stereocenters. The van der Waals surface area contributed by atoms with Gasteiger partial charge in [0.15, 0.2) is 0 Å². The molecule has 13 heavy (non-hydrogen) atoms. The minimum atomic E-state index is -4.64. The van der Waals surface area contributed by atoms with Crippen molar-refractivity contribution < 1.29 is 19.2 Å². The number of rotatable bonds is 0. The summed E-state index contributed by atoms with van der Waals surface area (Å²) in [6.45, 7) is 0. The Hall–Kier alpha value is 1.33. The van der Waals surface area contributed by atoms with E-state index in [1.807, 2.05) is 36.4 Å². The molecule has 0 aliphatic heterocycles. The first-order valence-electron chi connectivity index (χ1n) is 2.78. The second kappa shape index (κ2) is 11.4. The normalized spacial score (nSPS) is 8.23. The summed E-state index contributed by atoms with van der Waals surface area (Å²) in [5.74, 6) is 0. The Bertz CT molecular complexity index is 190. The van der Waals surface area contributed by atoms with Crippen LogP contribution in [-0.2, 0) is 4.57 Å². The van der Waals surface area contributed by atoms with E-state index in [-0.39, 0.29) is 59.1 Å². The van der Waals surface area contributed by atoms with E-state index in [4.69, 9.17) is 19.2 Å². The monoisotopic (exact) mass is 222 g/mol. The molecule has 0 aromatic heterocycles. The Morgan fingerprint density at radius 1 is 0.692 bits per heavy atom. The van der Waals surface area contributed by atoms with Gasteiger partial charge in [-0.05, 0) is 0 Å². The van der Waals surface area contributed by atoms with E-state index >= 15 is 0 Å². The zero-order valence-electron chi connectivity index (χ0n) is 7.66. The molecular formula is C6H9Na2O4P. The summed E-state index contributed by atoms with van der Waals surface area (Å²) < 4.78 is 8.88. The van der Waals surface area contributed by atoms with Gasteiger partial charge in [0.25, 0.3) is 0 Å². The van der Waals surface area contributed by atoms with Gasteiger partial charge >= 0.3 is 7.82 Å². The molecule has 0 amide bonds. The van der Waals surface area contributed by atoms with Gasteiger partial charge in [-0.15, -0.1) is 0 Å². The van der Waals surface area contributed by atoms with Crippen LogP contribution in [0, 0.1) is 0 Å². The van der Waals surface area contributed by atoms with E-state index in [0.29, 0.717) is 0 Å². The summed E-state index contributed by atoms with van der Waals surface area (Å²) in [5.41, 5.74) is 0. The number of hydrogen-bond acceptors (Lipinski definition) is 1. The molecule has 64 valence electrons. The van der Waals surface area contributed by atoms with Crippen molar-refractivity contribution in [2.75, 3.05) is 0 Å². The molecule has 4 nitrogen and oxygen atoms in total. The van der Waals surface area contributed by atoms with Gasteiger partial charge in [0.1, 0.15) is 0 Å². The Morgan fingerprint density at radius 3 is 0.846 bits per heavy atom. The zero-order chi connectivity index (χ0) is 8.74. The quantitative estimate of drug-likeness (QED) is 0.426. The van der Waals surface area contributed by atoms with Gasteiger partial charge in [-0.3, -0.25) is 0 Å². The number of benzene rings is 1. The molecular weight excluding hydrogens is 213 g/mol. The first-order valence-corrected chi connectivity index (χ1v) is 4.35. The molecule has 0 heterocycles. The average molecular weight is 222 g/mol. The largest absolute Gasteiger partial charge is 0.466 e. The van der Waals surface area contributed by atoms with Crippen LogP contribution in [0.5, 0.6) is 0 Å². The Balaban J connectivity index is -0.000000136. The molecule has 0 saturated heterocycles. The summed E-state index contributed by atoms with van der Waals surface area (Å²) in [7, 11) is -4.64. The summed E-state index contributed by atoms with van der Waals surface area (Å²) >= 11 is 0. The van der Waals surface area contributed by atoms with E-state index in [9.17, 15) is 0 Å². The standard InChI is InChI=1S/C6H6.2Na.H3O4P/c1-2-4-6-5-3-1;;;1-5(2,3)4/h1-6H;;;(H3,1,2,3,4). The minimum Gasteiger partial charge on any atom is -0.303 e. The van der Waals surface area contributed by atoms with Crippen LogP contribution in [0.15, 0.2) is 36.4 Å². The molecule has 3 N–H and O–H groups in total. The third kappa shape index (κ3) is 31.8. The maximum absolute atomic E-state index is 8.88. The molecule has 0 spiro atoms. The summed E-state index contributed by atoms with van der Waals surface area (Å²) in [6, 6.07) is 12.0. The van der Waals surface area contributed by atoms with Crippen molar-refractivity contribution in [2.24, 2.45) is 0 Å². The van der Waals surface area contributed by atoms with E-state index in [0.717, 1.165) is 0 Å². The maximum Gasteiger partial charge on any atom is 0.466 e. The average Bonchev–Trinajstić information content (AvgIpc) is 1.88. The molecule has 0 aliphatic rings. The van der Waals surface area contributed by atoms with E-state index in [1.165, 1.54) is 0 Å². The van der Waals surface area contributed by atoms with Gasteiger partial charge in [-0.25, -0.2) is 4.57 Å². The van der Waals surface area contributed by atoms with Gasteiger partial charge in [0, 0.05) is 59.1 Å². The Labute approximate surface area is 121 Å². The summed E-state index contributed by atoms with van der Waals surface area (Å²) in [4.78, 5) is 21.6. The fraction of sp³-hybridized carbons (Fsp3) is 0. The topological polar surface area (TPSA) is 77.8 Å². The molecule has 0 bridgehead atoms. The first kappa shape index (κ1) is 19.8. The van der Waals surface area contributed by atoms with Gasteiger partial charge in [-0.1, -0.05) is 36.4 Å². The second-order valence-electron chi connectivity index (χ2n) is 1.67. The third-order valence-corrected chi connectivity index (χ3v) is 0.667. The van der Waals surface area contributed by atoms with Crippen LogP contribution in [0.1, 0.15) is 0 Å². The van der Waals surface area contributed by atoms with Gasteiger partial charge < -0.3 is 14.7 Å². The SMILES string of the molecule is O=P(O)(O)O.[Na].[Na].c1ccccc1. The number of phosphoric acid groups is 1. The van der Waals surface area contributed by atoms with Crippen molar-refractivity contribution >= 4 is 66.9 Å². The number of hydrogen-bond donors (Lipinski definition) is 3. The predicted octanol–water partition coefficient (Wildman–Crippen LogP) is -0.00360. The third-order valence-electron chi connectivity index (χ3n) is 0.667. The van der Waals surface area contributed by atoms with Crippen LogP contribution in [0.2, 0.25) is 0 Å². The Kier molecular flexibility index (Phi) is 17.4. The molecule has 1 aromatic rings. The minimum absolute atomic E-state index is 0.